The van der Waals surface area contributed by atoms with Crippen LogP contribution in [0.5, 0.6) is 11.5 Å². The Morgan fingerprint density at radius 3 is 2.68 bits per heavy atom. The summed E-state index contributed by atoms with van der Waals surface area (Å²) in [7, 11) is 0. The first kappa shape index (κ1) is 10.8. The van der Waals surface area contributed by atoms with Gasteiger partial charge < -0.3 is 14.8 Å². The maximum atomic E-state index is 12.0. The van der Waals surface area contributed by atoms with Crippen molar-refractivity contribution in [3.63, 3.8) is 0 Å². The van der Waals surface area contributed by atoms with Gasteiger partial charge in [-0.3, -0.25) is 9.59 Å². The SMILES string of the molecule is O=C1C[C@H](NC(=O)C2CC2)c2cc3c(cc21)OCO3. The highest BCUT2D eigenvalue weighted by molar-refractivity contribution is 6.02. The predicted molar refractivity (Wildman–Crippen MR) is 65.1 cm³/mol. The number of carbonyl (C=O) groups is 2. The van der Waals surface area contributed by atoms with Crippen LogP contribution in [-0.4, -0.2) is 18.5 Å². The van der Waals surface area contributed by atoms with Gasteiger partial charge in [-0.25, -0.2) is 0 Å². The molecule has 0 unspecified atom stereocenters. The van der Waals surface area contributed by atoms with Crippen LogP contribution >= 0.6 is 0 Å². The van der Waals surface area contributed by atoms with Crippen molar-refractivity contribution in [3.05, 3.63) is 23.3 Å². The van der Waals surface area contributed by atoms with Crippen molar-refractivity contribution in [2.45, 2.75) is 25.3 Å². The molecule has 2 aliphatic carbocycles. The second kappa shape index (κ2) is 3.73. The number of hydrogen-bond donors (Lipinski definition) is 1. The number of hydrogen-bond acceptors (Lipinski definition) is 4. The van der Waals surface area contributed by atoms with Gasteiger partial charge in [0.15, 0.2) is 17.3 Å². The highest BCUT2D eigenvalue weighted by atomic mass is 16.7. The Morgan fingerprint density at radius 2 is 1.95 bits per heavy atom. The van der Waals surface area contributed by atoms with Crippen molar-refractivity contribution in [1.29, 1.82) is 0 Å². The number of ketones is 1. The number of rotatable bonds is 2. The molecule has 4 rings (SSSR count). The number of carbonyl (C=O) groups excluding carboxylic acids is 2. The Labute approximate surface area is 109 Å². The van der Waals surface area contributed by atoms with Gasteiger partial charge >= 0.3 is 0 Å². The molecule has 0 radical (unpaired) electrons. The van der Waals surface area contributed by atoms with E-state index in [1.807, 2.05) is 6.07 Å². The summed E-state index contributed by atoms with van der Waals surface area (Å²) in [4.78, 5) is 23.8. The smallest absolute Gasteiger partial charge is 0.231 e. The molecule has 3 aliphatic rings. The minimum Gasteiger partial charge on any atom is -0.454 e. The molecule has 1 fully saturated rings. The lowest BCUT2D eigenvalue weighted by Crippen LogP contribution is -2.28. The van der Waals surface area contributed by atoms with Gasteiger partial charge in [-0.2, -0.15) is 0 Å². The average Bonchev–Trinajstić information content (AvgIpc) is 3.08. The molecule has 0 aromatic heterocycles. The van der Waals surface area contributed by atoms with Crippen LogP contribution in [0.2, 0.25) is 0 Å². The van der Waals surface area contributed by atoms with E-state index in [0.717, 1.165) is 18.4 Å². The lowest BCUT2D eigenvalue weighted by molar-refractivity contribution is -0.123. The number of amides is 1. The number of benzene rings is 1. The molecule has 1 aliphatic heterocycles. The third-order valence-electron chi connectivity index (χ3n) is 3.87. The maximum absolute atomic E-state index is 12.0. The summed E-state index contributed by atoms with van der Waals surface area (Å²) >= 11 is 0. The molecular weight excluding hydrogens is 246 g/mol. The molecule has 0 spiro atoms. The van der Waals surface area contributed by atoms with Crippen molar-refractivity contribution in [2.24, 2.45) is 5.92 Å². The minimum absolute atomic E-state index is 0.0504. The van der Waals surface area contributed by atoms with Gasteiger partial charge in [-0.05, 0) is 30.5 Å². The Balaban J connectivity index is 1.67. The molecule has 1 N–H and O–H groups in total. The zero-order valence-electron chi connectivity index (χ0n) is 10.3. The van der Waals surface area contributed by atoms with Gasteiger partial charge in [0.1, 0.15) is 0 Å². The van der Waals surface area contributed by atoms with Crippen LogP contribution in [0.1, 0.15) is 41.2 Å². The highest BCUT2D eigenvalue weighted by Gasteiger charge is 2.36. The molecule has 19 heavy (non-hydrogen) atoms. The molecule has 0 saturated heterocycles. The van der Waals surface area contributed by atoms with E-state index in [1.54, 1.807) is 6.07 Å². The van der Waals surface area contributed by atoms with Gasteiger partial charge in [-0.1, -0.05) is 0 Å². The van der Waals surface area contributed by atoms with Crippen LogP contribution in [0.4, 0.5) is 0 Å². The first-order valence-electron chi connectivity index (χ1n) is 6.49. The number of fused-ring (bicyclic) bond motifs is 2. The molecule has 1 saturated carbocycles. The first-order valence-corrected chi connectivity index (χ1v) is 6.49. The molecule has 5 heteroatoms. The zero-order chi connectivity index (χ0) is 13.0. The third-order valence-corrected chi connectivity index (χ3v) is 3.87. The molecule has 1 heterocycles. The number of ether oxygens (including phenoxy) is 2. The van der Waals surface area contributed by atoms with Crippen molar-refractivity contribution in [3.8, 4) is 11.5 Å². The van der Waals surface area contributed by atoms with Crippen molar-refractivity contribution < 1.29 is 19.1 Å². The number of Topliss-reactive ketones (excluding diaryl/α,β-unsaturated/α-hetero) is 1. The van der Waals surface area contributed by atoms with E-state index < -0.39 is 0 Å². The topological polar surface area (TPSA) is 64.6 Å². The summed E-state index contributed by atoms with van der Waals surface area (Å²) in [5.41, 5.74) is 1.49. The molecule has 1 amide bonds. The fourth-order valence-electron chi connectivity index (χ4n) is 2.66. The fraction of sp³-hybridized carbons (Fsp3) is 0.429. The van der Waals surface area contributed by atoms with E-state index in [0.29, 0.717) is 23.5 Å². The Kier molecular flexibility index (Phi) is 2.13. The zero-order valence-corrected chi connectivity index (χ0v) is 10.3. The first-order chi connectivity index (χ1) is 9.22. The van der Waals surface area contributed by atoms with Gasteiger partial charge in [0.05, 0.1) is 6.04 Å². The Hall–Kier alpha value is -2.04. The molecule has 1 aromatic rings. The lowest BCUT2D eigenvalue weighted by Gasteiger charge is -2.13. The van der Waals surface area contributed by atoms with Crippen LogP contribution in [0.3, 0.4) is 0 Å². The summed E-state index contributed by atoms with van der Waals surface area (Å²) in [5, 5.41) is 2.96. The molecule has 0 bridgehead atoms. The normalized spacial score (nSPS) is 23.4. The summed E-state index contributed by atoms with van der Waals surface area (Å²) in [6, 6.07) is 3.33. The predicted octanol–water partition coefficient (Wildman–Crippen LogP) is 1.57. The number of nitrogens with one attached hydrogen (secondary N) is 1. The van der Waals surface area contributed by atoms with Gasteiger partial charge in [0, 0.05) is 17.9 Å². The van der Waals surface area contributed by atoms with Crippen molar-refractivity contribution >= 4 is 11.7 Å². The van der Waals surface area contributed by atoms with E-state index >= 15 is 0 Å². The highest BCUT2D eigenvalue weighted by Crippen LogP contribution is 2.42. The van der Waals surface area contributed by atoms with E-state index in [9.17, 15) is 9.59 Å². The van der Waals surface area contributed by atoms with Gasteiger partial charge in [0.25, 0.3) is 0 Å². The maximum Gasteiger partial charge on any atom is 0.231 e. The fourth-order valence-corrected chi connectivity index (χ4v) is 2.66. The second-order valence-electron chi connectivity index (χ2n) is 5.26. The molecule has 5 nitrogen and oxygen atoms in total. The quantitative estimate of drug-likeness (QED) is 0.875. The molecule has 98 valence electrons. The van der Waals surface area contributed by atoms with E-state index in [4.69, 9.17) is 9.47 Å². The van der Waals surface area contributed by atoms with Crippen molar-refractivity contribution in [1.82, 2.24) is 5.32 Å². The minimum atomic E-state index is -0.218. The largest absolute Gasteiger partial charge is 0.454 e. The van der Waals surface area contributed by atoms with Crippen LogP contribution in [0.25, 0.3) is 0 Å². The monoisotopic (exact) mass is 259 g/mol. The van der Waals surface area contributed by atoms with Crippen LogP contribution in [-0.2, 0) is 4.79 Å². The van der Waals surface area contributed by atoms with E-state index in [-0.39, 0.29) is 30.4 Å². The van der Waals surface area contributed by atoms with Crippen LogP contribution in [0.15, 0.2) is 12.1 Å². The van der Waals surface area contributed by atoms with Crippen LogP contribution in [0, 0.1) is 5.92 Å². The van der Waals surface area contributed by atoms with Crippen LogP contribution < -0.4 is 14.8 Å². The molecule has 1 aromatic carbocycles. The second-order valence-corrected chi connectivity index (χ2v) is 5.26. The molecule has 1 atom stereocenters. The van der Waals surface area contributed by atoms with E-state index in [2.05, 4.69) is 5.32 Å². The van der Waals surface area contributed by atoms with Crippen molar-refractivity contribution in [2.75, 3.05) is 6.79 Å². The summed E-state index contributed by atoms with van der Waals surface area (Å²) in [6.45, 7) is 0.186. The average molecular weight is 259 g/mol. The van der Waals surface area contributed by atoms with E-state index in [1.165, 1.54) is 0 Å². The third kappa shape index (κ3) is 1.69. The van der Waals surface area contributed by atoms with Gasteiger partial charge in [-0.15, -0.1) is 0 Å². The summed E-state index contributed by atoms with van der Waals surface area (Å²) in [6.07, 6.45) is 2.25. The summed E-state index contributed by atoms with van der Waals surface area (Å²) < 4.78 is 10.6. The van der Waals surface area contributed by atoms with Gasteiger partial charge in [0.2, 0.25) is 12.7 Å². The Morgan fingerprint density at radius 1 is 1.21 bits per heavy atom. The lowest BCUT2D eigenvalue weighted by atomic mass is 10.1. The standard InChI is InChI=1S/C14H13NO4/c16-11-5-10(15-14(17)7-1-2-7)8-3-12-13(4-9(8)11)19-6-18-12/h3-4,7,10H,1-2,5-6H2,(H,15,17)/t10-/m0/s1. The molecular formula is C14H13NO4. The summed E-state index contributed by atoms with van der Waals surface area (Å²) in [5.74, 6) is 1.52. The Bertz CT molecular complexity index is 591.